The van der Waals surface area contributed by atoms with Crippen LogP contribution in [0.3, 0.4) is 0 Å². The molecule has 0 fully saturated rings. The van der Waals surface area contributed by atoms with Gasteiger partial charge in [-0.05, 0) is 31.4 Å². The van der Waals surface area contributed by atoms with Crippen LogP contribution < -0.4 is 9.47 Å². The van der Waals surface area contributed by atoms with Gasteiger partial charge in [0.25, 0.3) is 0 Å². The van der Waals surface area contributed by atoms with Crippen LogP contribution in [0.5, 0.6) is 11.5 Å². The smallest absolute Gasteiger partial charge is 0.344 e. The minimum absolute atomic E-state index is 0.116. The molecule has 1 aliphatic rings. The Balaban J connectivity index is 2.30. The van der Waals surface area contributed by atoms with Crippen LogP contribution in [0.1, 0.15) is 50.7 Å². The molecular formula is C17H23FO4. The molecule has 1 aliphatic heterocycles. The predicted molar refractivity (Wildman–Crippen MR) is 81.1 cm³/mol. The number of hydrogen-bond donors (Lipinski definition) is 0. The molecule has 0 saturated heterocycles. The van der Waals surface area contributed by atoms with Crippen molar-refractivity contribution in [2.45, 2.75) is 46.0 Å². The van der Waals surface area contributed by atoms with Crippen LogP contribution in [0.4, 0.5) is 4.39 Å². The van der Waals surface area contributed by atoms with Crippen molar-refractivity contribution >= 4 is 5.97 Å². The van der Waals surface area contributed by atoms with E-state index < -0.39 is 11.8 Å². The van der Waals surface area contributed by atoms with Gasteiger partial charge in [0.05, 0.1) is 13.2 Å². The zero-order valence-corrected chi connectivity index (χ0v) is 13.4. The van der Waals surface area contributed by atoms with Crippen molar-refractivity contribution in [3.05, 3.63) is 23.0 Å². The molecule has 0 aliphatic carbocycles. The maximum Gasteiger partial charge on any atom is 0.344 e. The molecule has 5 heteroatoms. The fourth-order valence-corrected chi connectivity index (χ4v) is 2.70. The van der Waals surface area contributed by atoms with E-state index in [0.29, 0.717) is 13.0 Å². The highest BCUT2D eigenvalue weighted by Crippen LogP contribution is 2.43. The largest absolute Gasteiger partial charge is 0.489 e. The van der Waals surface area contributed by atoms with Gasteiger partial charge in [0, 0.05) is 11.5 Å². The Kier molecular flexibility index (Phi) is 5.63. The van der Waals surface area contributed by atoms with Crippen LogP contribution in [0.2, 0.25) is 0 Å². The molecule has 0 aromatic heterocycles. The normalized spacial score (nSPS) is 16.1. The lowest BCUT2D eigenvalue weighted by atomic mass is 9.95. The highest BCUT2D eigenvalue weighted by atomic mass is 19.1. The molecular weight excluding hydrogens is 287 g/mol. The van der Waals surface area contributed by atoms with Gasteiger partial charge in [-0.3, -0.25) is 0 Å². The first kappa shape index (κ1) is 16.6. The summed E-state index contributed by atoms with van der Waals surface area (Å²) in [5, 5.41) is 0. The third-order valence-corrected chi connectivity index (χ3v) is 3.80. The zero-order valence-electron chi connectivity index (χ0n) is 13.4. The Morgan fingerprint density at radius 3 is 2.82 bits per heavy atom. The van der Waals surface area contributed by atoms with Gasteiger partial charge in [-0.2, -0.15) is 4.39 Å². The average molecular weight is 310 g/mol. The summed E-state index contributed by atoms with van der Waals surface area (Å²) in [5.41, 5.74) is 1.69. The lowest BCUT2D eigenvalue weighted by Gasteiger charge is -2.15. The van der Waals surface area contributed by atoms with E-state index in [1.54, 1.807) is 6.92 Å². The van der Waals surface area contributed by atoms with Crippen LogP contribution >= 0.6 is 0 Å². The van der Waals surface area contributed by atoms with Crippen LogP contribution in [-0.4, -0.2) is 25.8 Å². The lowest BCUT2D eigenvalue weighted by molar-refractivity contribution is -0.145. The first-order chi connectivity index (χ1) is 10.6. The number of hydrogen-bond acceptors (Lipinski definition) is 4. The summed E-state index contributed by atoms with van der Waals surface area (Å²) in [6, 6.07) is 1.96. The summed E-state index contributed by atoms with van der Waals surface area (Å²) in [5.74, 6) is -0.395. The van der Waals surface area contributed by atoms with E-state index in [1.807, 2.05) is 13.0 Å². The summed E-state index contributed by atoms with van der Waals surface area (Å²) in [7, 11) is 0. The molecule has 0 saturated carbocycles. The Hall–Kier alpha value is -1.78. The molecule has 1 heterocycles. The third kappa shape index (κ3) is 3.34. The van der Waals surface area contributed by atoms with Crippen LogP contribution in [0.25, 0.3) is 0 Å². The molecule has 22 heavy (non-hydrogen) atoms. The van der Waals surface area contributed by atoms with Crippen molar-refractivity contribution in [1.29, 1.82) is 0 Å². The highest BCUT2D eigenvalue weighted by Gasteiger charge is 2.30. The number of carbonyl (C=O) groups excluding carboxylic acids is 1. The van der Waals surface area contributed by atoms with Crippen molar-refractivity contribution in [1.82, 2.24) is 0 Å². The van der Waals surface area contributed by atoms with E-state index in [9.17, 15) is 9.18 Å². The van der Waals surface area contributed by atoms with E-state index >= 15 is 0 Å². The van der Waals surface area contributed by atoms with Gasteiger partial charge in [-0.15, -0.1) is 0 Å². The van der Waals surface area contributed by atoms with Gasteiger partial charge in [-0.25, -0.2) is 4.79 Å². The summed E-state index contributed by atoms with van der Waals surface area (Å²) in [6.07, 6.45) is 2.46. The first-order valence-corrected chi connectivity index (χ1v) is 7.88. The minimum Gasteiger partial charge on any atom is -0.489 e. The Morgan fingerprint density at radius 2 is 2.18 bits per heavy atom. The molecule has 1 atom stereocenters. The molecule has 0 spiro atoms. The quantitative estimate of drug-likeness (QED) is 0.722. The summed E-state index contributed by atoms with van der Waals surface area (Å²) >= 11 is 0. The van der Waals surface area contributed by atoms with Gasteiger partial charge >= 0.3 is 5.97 Å². The Labute approximate surface area is 130 Å². The van der Waals surface area contributed by atoms with Gasteiger partial charge in [0.2, 0.25) is 5.82 Å². The van der Waals surface area contributed by atoms with Crippen molar-refractivity contribution in [2.24, 2.45) is 0 Å². The fraction of sp³-hybridized carbons (Fsp3) is 0.588. The number of aryl methyl sites for hydroxylation is 1. The highest BCUT2D eigenvalue weighted by molar-refractivity contribution is 5.71. The van der Waals surface area contributed by atoms with Crippen molar-refractivity contribution in [3.8, 4) is 11.5 Å². The van der Waals surface area contributed by atoms with Crippen molar-refractivity contribution < 1.29 is 23.4 Å². The van der Waals surface area contributed by atoms with E-state index in [0.717, 1.165) is 24.0 Å². The molecule has 0 N–H and O–H groups in total. The molecule has 1 aromatic carbocycles. The first-order valence-electron chi connectivity index (χ1n) is 7.88. The van der Waals surface area contributed by atoms with Gasteiger partial charge < -0.3 is 14.2 Å². The van der Waals surface area contributed by atoms with E-state index in [-0.39, 0.29) is 30.6 Å². The molecule has 2 rings (SSSR count). The van der Waals surface area contributed by atoms with Crippen molar-refractivity contribution in [2.75, 3.05) is 19.8 Å². The van der Waals surface area contributed by atoms with E-state index in [1.165, 1.54) is 0 Å². The second kappa shape index (κ2) is 7.47. The number of esters is 1. The average Bonchev–Trinajstić information content (AvgIpc) is 2.90. The topological polar surface area (TPSA) is 44.8 Å². The Bertz CT molecular complexity index is 542. The second-order valence-corrected chi connectivity index (χ2v) is 5.36. The molecule has 0 radical (unpaired) electrons. The fourth-order valence-electron chi connectivity index (χ4n) is 2.70. The number of rotatable bonds is 7. The molecule has 1 aromatic rings. The van der Waals surface area contributed by atoms with Gasteiger partial charge in [-0.1, -0.05) is 20.3 Å². The van der Waals surface area contributed by atoms with Crippen LogP contribution in [0, 0.1) is 5.82 Å². The number of ether oxygens (including phenoxy) is 3. The van der Waals surface area contributed by atoms with Gasteiger partial charge in [0.15, 0.2) is 18.1 Å². The van der Waals surface area contributed by atoms with Crippen molar-refractivity contribution in [3.63, 3.8) is 0 Å². The number of fused-ring (bicyclic) bond motifs is 1. The number of benzene rings is 1. The number of halogens is 1. The summed E-state index contributed by atoms with van der Waals surface area (Å²) < 4.78 is 30.4. The SMILES string of the molecule is CCCc1cc2c(c(F)c1OCC(=O)OCC)OCC2CC. The zero-order chi connectivity index (χ0) is 16.1. The predicted octanol–water partition coefficient (Wildman–Crippen LogP) is 3.61. The molecule has 0 bridgehead atoms. The van der Waals surface area contributed by atoms with Crippen LogP contribution in [0.15, 0.2) is 6.07 Å². The van der Waals surface area contributed by atoms with E-state index in [2.05, 4.69) is 6.92 Å². The third-order valence-electron chi connectivity index (χ3n) is 3.80. The van der Waals surface area contributed by atoms with E-state index in [4.69, 9.17) is 14.2 Å². The minimum atomic E-state index is -0.503. The second-order valence-electron chi connectivity index (χ2n) is 5.36. The lowest BCUT2D eigenvalue weighted by Crippen LogP contribution is -2.16. The van der Waals surface area contributed by atoms with Crippen LogP contribution in [-0.2, 0) is 16.0 Å². The summed E-state index contributed by atoms with van der Waals surface area (Å²) in [6.45, 7) is 6.28. The molecule has 4 nitrogen and oxygen atoms in total. The summed E-state index contributed by atoms with van der Waals surface area (Å²) in [4.78, 5) is 11.4. The molecule has 122 valence electrons. The van der Waals surface area contributed by atoms with Gasteiger partial charge in [0.1, 0.15) is 0 Å². The Morgan fingerprint density at radius 1 is 1.41 bits per heavy atom. The monoisotopic (exact) mass is 310 g/mol. The maximum absolute atomic E-state index is 14.7. The molecule has 0 amide bonds. The standard InChI is InChI=1S/C17H23FO4/c1-4-7-12-8-13-11(5-2)9-21-17(13)15(18)16(12)22-10-14(19)20-6-3/h8,11H,4-7,9-10H2,1-3H3. The number of carbonyl (C=O) groups is 1. The maximum atomic E-state index is 14.7. The molecule has 1 unspecified atom stereocenters.